The van der Waals surface area contributed by atoms with Crippen LogP contribution in [0.15, 0.2) is 54.7 Å². The molecule has 2 aromatic carbocycles. The first-order valence-corrected chi connectivity index (χ1v) is 9.13. The molecule has 0 aliphatic heterocycles. The third-order valence-electron chi connectivity index (χ3n) is 3.89. The zero-order chi connectivity index (χ0) is 18.4. The minimum Gasteiger partial charge on any atom is -0.368 e. The van der Waals surface area contributed by atoms with Crippen LogP contribution in [0.1, 0.15) is 12.5 Å². The zero-order valence-corrected chi connectivity index (χ0v) is 15.9. The third-order valence-corrected chi connectivity index (χ3v) is 4.48. The van der Waals surface area contributed by atoms with Crippen molar-refractivity contribution in [2.45, 2.75) is 13.3 Å². The summed E-state index contributed by atoms with van der Waals surface area (Å²) in [5.41, 5.74) is 2.06. The number of para-hydroxylation sites is 1. The normalized spacial score (nSPS) is 10.6. The van der Waals surface area contributed by atoms with E-state index in [1.165, 1.54) is 0 Å². The summed E-state index contributed by atoms with van der Waals surface area (Å²) in [4.78, 5) is 6.58. The van der Waals surface area contributed by atoms with Gasteiger partial charge in [0.25, 0.3) is 5.95 Å². The molecule has 1 aromatic heterocycles. The summed E-state index contributed by atoms with van der Waals surface area (Å²) in [5.74, 6) is 1.24. The first-order chi connectivity index (χ1) is 12.7. The molecule has 7 heteroatoms. The van der Waals surface area contributed by atoms with E-state index in [-0.39, 0.29) is 0 Å². The van der Waals surface area contributed by atoms with Gasteiger partial charge in [0.05, 0.1) is 6.20 Å². The summed E-state index contributed by atoms with van der Waals surface area (Å²) < 4.78 is 0. The molecule has 0 aliphatic carbocycles. The van der Waals surface area contributed by atoms with Crippen molar-refractivity contribution in [3.8, 4) is 0 Å². The molecule has 0 amide bonds. The van der Waals surface area contributed by atoms with Crippen molar-refractivity contribution in [3.05, 3.63) is 70.3 Å². The SMILES string of the molecule is CCN(c1ccccc1)c1nncc(NCCc2ccc(Cl)cc2Cl)n1. The zero-order valence-electron chi connectivity index (χ0n) is 14.4. The van der Waals surface area contributed by atoms with Gasteiger partial charge in [-0.25, -0.2) is 0 Å². The maximum Gasteiger partial charge on any atom is 0.251 e. The van der Waals surface area contributed by atoms with Gasteiger partial charge in [-0.05, 0) is 43.2 Å². The molecular formula is C19H19Cl2N5. The molecule has 0 unspecified atom stereocenters. The maximum absolute atomic E-state index is 6.21. The highest BCUT2D eigenvalue weighted by Crippen LogP contribution is 2.23. The Labute approximate surface area is 163 Å². The van der Waals surface area contributed by atoms with Crippen molar-refractivity contribution >= 4 is 40.7 Å². The van der Waals surface area contributed by atoms with Crippen molar-refractivity contribution in [1.29, 1.82) is 0 Å². The van der Waals surface area contributed by atoms with Gasteiger partial charge in [0.15, 0.2) is 5.82 Å². The van der Waals surface area contributed by atoms with E-state index >= 15 is 0 Å². The lowest BCUT2D eigenvalue weighted by atomic mass is 10.1. The Bertz CT molecular complexity index is 858. The van der Waals surface area contributed by atoms with Crippen LogP contribution >= 0.6 is 23.2 Å². The van der Waals surface area contributed by atoms with Crippen LogP contribution < -0.4 is 10.2 Å². The van der Waals surface area contributed by atoms with Gasteiger partial charge in [0.1, 0.15) is 0 Å². The molecule has 1 N–H and O–H groups in total. The lowest BCUT2D eigenvalue weighted by molar-refractivity contribution is 0.878. The first-order valence-electron chi connectivity index (χ1n) is 8.37. The van der Waals surface area contributed by atoms with Crippen LogP contribution in [0.5, 0.6) is 0 Å². The molecule has 0 saturated carbocycles. The fraction of sp³-hybridized carbons (Fsp3) is 0.211. The van der Waals surface area contributed by atoms with Crippen LogP contribution in [0, 0.1) is 0 Å². The highest BCUT2D eigenvalue weighted by molar-refractivity contribution is 6.35. The second kappa shape index (κ2) is 8.83. The number of rotatable bonds is 7. The minimum atomic E-state index is 0.563. The number of halogens is 2. The van der Waals surface area contributed by atoms with Gasteiger partial charge in [-0.15, -0.1) is 5.10 Å². The Balaban J connectivity index is 1.67. The molecule has 0 radical (unpaired) electrons. The number of anilines is 3. The molecule has 26 heavy (non-hydrogen) atoms. The standard InChI is InChI=1S/C19H19Cl2N5/c1-2-26(16-6-4-3-5-7-16)19-24-18(13-23-25-19)22-11-10-14-8-9-15(20)12-17(14)21/h3-9,12-13H,2,10-11H2,1H3,(H,22,24,25). The molecule has 0 spiro atoms. The summed E-state index contributed by atoms with van der Waals surface area (Å²) >= 11 is 12.1. The molecule has 134 valence electrons. The van der Waals surface area contributed by atoms with Gasteiger partial charge >= 0.3 is 0 Å². The third kappa shape index (κ3) is 4.62. The van der Waals surface area contributed by atoms with Crippen LogP contribution in [0.4, 0.5) is 17.5 Å². The number of hydrogen-bond acceptors (Lipinski definition) is 5. The molecule has 0 atom stereocenters. The molecule has 3 aromatic rings. The topological polar surface area (TPSA) is 53.9 Å². The summed E-state index contributed by atoms with van der Waals surface area (Å²) in [6, 6.07) is 15.5. The van der Waals surface area contributed by atoms with Crippen molar-refractivity contribution in [2.24, 2.45) is 0 Å². The van der Waals surface area contributed by atoms with Gasteiger partial charge in [-0.1, -0.05) is 47.5 Å². The Morgan fingerprint density at radius 3 is 2.62 bits per heavy atom. The highest BCUT2D eigenvalue weighted by atomic mass is 35.5. The van der Waals surface area contributed by atoms with Crippen LogP contribution in [-0.2, 0) is 6.42 Å². The molecule has 3 rings (SSSR count). The van der Waals surface area contributed by atoms with Crippen LogP contribution in [0.25, 0.3) is 0 Å². The Kier molecular flexibility index (Phi) is 6.26. The van der Waals surface area contributed by atoms with E-state index in [0.717, 1.165) is 24.2 Å². The van der Waals surface area contributed by atoms with Crippen LogP contribution in [0.3, 0.4) is 0 Å². The fourth-order valence-corrected chi connectivity index (χ4v) is 3.09. The quantitative estimate of drug-likeness (QED) is 0.618. The number of aromatic nitrogens is 3. The summed E-state index contributed by atoms with van der Waals surface area (Å²) in [5, 5.41) is 12.8. The molecular weight excluding hydrogens is 369 g/mol. The summed E-state index contributed by atoms with van der Waals surface area (Å²) in [6.07, 6.45) is 2.37. The Hall–Kier alpha value is -2.37. The van der Waals surface area contributed by atoms with E-state index in [2.05, 4.69) is 27.4 Å². The van der Waals surface area contributed by atoms with E-state index in [1.54, 1.807) is 12.3 Å². The average Bonchev–Trinajstić information content (AvgIpc) is 2.65. The van der Waals surface area contributed by atoms with E-state index in [0.29, 0.717) is 28.4 Å². The minimum absolute atomic E-state index is 0.563. The van der Waals surface area contributed by atoms with Crippen LogP contribution in [-0.4, -0.2) is 28.3 Å². The second-order valence-electron chi connectivity index (χ2n) is 5.63. The van der Waals surface area contributed by atoms with Gasteiger partial charge in [-0.2, -0.15) is 10.1 Å². The van der Waals surface area contributed by atoms with Gasteiger partial charge in [0, 0.05) is 28.8 Å². The lowest BCUT2D eigenvalue weighted by Crippen LogP contribution is -2.20. The van der Waals surface area contributed by atoms with Crippen LogP contribution in [0.2, 0.25) is 10.0 Å². The first kappa shape index (κ1) is 18.4. The second-order valence-corrected chi connectivity index (χ2v) is 6.48. The number of nitrogens with zero attached hydrogens (tertiary/aromatic N) is 4. The van der Waals surface area contributed by atoms with Crippen molar-refractivity contribution in [3.63, 3.8) is 0 Å². The van der Waals surface area contributed by atoms with Crippen molar-refractivity contribution < 1.29 is 0 Å². The molecule has 1 heterocycles. The fourth-order valence-electron chi connectivity index (χ4n) is 2.59. The summed E-state index contributed by atoms with van der Waals surface area (Å²) in [7, 11) is 0. The molecule has 0 bridgehead atoms. The van der Waals surface area contributed by atoms with E-state index < -0.39 is 0 Å². The summed E-state index contributed by atoms with van der Waals surface area (Å²) in [6.45, 7) is 3.48. The number of benzene rings is 2. The smallest absolute Gasteiger partial charge is 0.251 e. The van der Waals surface area contributed by atoms with E-state index in [1.807, 2.05) is 47.4 Å². The Morgan fingerprint density at radius 2 is 1.88 bits per heavy atom. The van der Waals surface area contributed by atoms with Crippen molar-refractivity contribution in [1.82, 2.24) is 15.2 Å². The van der Waals surface area contributed by atoms with Gasteiger partial charge < -0.3 is 10.2 Å². The molecule has 0 fully saturated rings. The largest absolute Gasteiger partial charge is 0.368 e. The van der Waals surface area contributed by atoms with E-state index in [9.17, 15) is 0 Å². The predicted molar refractivity (Wildman–Crippen MR) is 108 cm³/mol. The van der Waals surface area contributed by atoms with E-state index in [4.69, 9.17) is 23.2 Å². The molecule has 5 nitrogen and oxygen atoms in total. The average molecular weight is 388 g/mol. The maximum atomic E-state index is 6.21. The van der Waals surface area contributed by atoms with Crippen molar-refractivity contribution in [2.75, 3.05) is 23.3 Å². The monoisotopic (exact) mass is 387 g/mol. The van der Waals surface area contributed by atoms with Gasteiger partial charge in [0.2, 0.25) is 0 Å². The highest BCUT2D eigenvalue weighted by Gasteiger charge is 2.11. The Morgan fingerprint density at radius 1 is 1.08 bits per heavy atom. The lowest BCUT2D eigenvalue weighted by Gasteiger charge is -2.20. The number of nitrogens with one attached hydrogen (secondary N) is 1. The molecule has 0 aliphatic rings. The number of hydrogen-bond donors (Lipinski definition) is 1. The molecule has 0 saturated heterocycles. The van der Waals surface area contributed by atoms with Gasteiger partial charge in [-0.3, -0.25) is 0 Å². The predicted octanol–water partition coefficient (Wildman–Crippen LogP) is 4.99.